The summed E-state index contributed by atoms with van der Waals surface area (Å²) in [7, 11) is -3.79. The highest BCUT2D eigenvalue weighted by Gasteiger charge is 2.19. The second-order valence-corrected chi connectivity index (χ2v) is 7.15. The van der Waals surface area contributed by atoms with Gasteiger partial charge < -0.3 is 10.8 Å². The van der Waals surface area contributed by atoms with Crippen LogP contribution in [0.5, 0.6) is 0 Å². The fourth-order valence-corrected chi connectivity index (χ4v) is 3.79. The lowest BCUT2D eigenvalue weighted by Gasteiger charge is -2.09. The Morgan fingerprint density at radius 1 is 1.38 bits per heavy atom. The number of sulfonamides is 1. The highest BCUT2D eigenvalue weighted by atomic mass is 32.2. The molecule has 0 spiro atoms. The first-order valence-electron chi connectivity index (χ1n) is 5.96. The molecule has 21 heavy (non-hydrogen) atoms. The van der Waals surface area contributed by atoms with Gasteiger partial charge in [0.05, 0.1) is 11.3 Å². The summed E-state index contributed by atoms with van der Waals surface area (Å²) in [6.45, 7) is 2.07. The van der Waals surface area contributed by atoms with Crippen molar-refractivity contribution >= 4 is 33.0 Å². The summed E-state index contributed by atoms with van der Waals surface area (Å²) < 4.78 is 26.9. The predicted molar refractivity (Wildman–Crippen MR) is 80.9 cm³/mol. The zero-order valence-corrected chi connectivity index (χ0v) is 12.8. The Bertz CT molecular complexity index is 781. The third-order valence-corrected chi connectivity index (χ3v) is 5.44. The van der Waals surface area contributed by atoms with Gasteiger partial charge in [-0.2, -0.15) is 0 Å². The number of carboxylic acid groups (broad SMARTS) is 1. The highest BCUT2D eigenvalue weighted by molar-refractivity contribution is 7.89. The molecule has 0 bridgehead atoms. The van der Waals surface area contributed by atoms with Gasteiger partial charge in [-0.25, -0.2) is 17.9 Å². The molecule has 0 amide bonds. The number of nitrogen functional groups attached to an aromatic ring is 1. The number of hydrogen-bond acceptors (Lipinski definition) is 5. The number of nitrogens with two attached hydrogens (primary N) is 1. The lowest BCUT2D eigenvalue weighted by atomic mass is 10.2. The molecule has 1 heterocycles. The lowest BCUT2D eigenvalue weighted by molar-refractivity contribution is 0.0697. The molecule has 1 aromatic heterocycles. The summed E-state index contributed by atoms with van der Waals surface area (Å²) in [5.41, 5.74) is 6.51. The minimum absolute atomic E-state index is 0.0550. The van der Waals surface area contributed by atoms with Crippen LogP contribution >= 0.6 is 11.3 Å². The fraction of sp³-hybridized carbons (Fsp3) is 0.154. The highest BCUT2D eigenvalue weighted by Crippen LogP contribution is 2.21. The maximum atomic E-state index is 12.2. The van der Waals surface area contributed by atoms with E-state index >= 15 is 0 Å². The van der Waals surface area contributed by atoms with E-state index in [-0.39, 0.29) is 22.7 Å². The monoisotopic (exact) mass is 326 g/mol. The Kier molecular flexibility index (Phi) is 4.31. The SMILES string of the molecule is Cc1ccsc1CNS(=O)(=O)c1ccc(C(=O)O)cc1N. The molecule has 0 saturated carbocycles. The number of aryl methyl sites for hydroxylation is 1. The van der Waals surface area contributed by atoms with E-state index in [1.54, 1.807) is 0 Å². The van der Waals surface area contributed by atoms with Crippen LogP contribution in [-0.2, 0) is 16.6 Å². The Balaban J connectivity index is 2.23. The van der Waals surface area contributed by atoms with E-state index < -0.39 is 16.0 Å². The van der Waals surface area contributed by atoms with E-state index in [9.17, 15) is 13.2 Å². The van der Waals surface area contributed by atoms with Gasteiger partial charge in [0.15, 0.2) is 0 Å². The summed E-state index contributed by atoms with van der Waals surface area (Å²) in [6.07, 6.45) is 0. The molecule has 1 aromatic carbocycles. The standard InChI is InChI=1S/C13H14N2O4S2/c1-8-4-5-20-11(8)7-15-21(18,19)12-3-2-9(13(16)17)6-10(12)14/h2-6,15H,7,14H2,1H3,(H,16,17). The van der Waals surface area contributed by atoms with Crippen molar-refractivity contribution in [3.63, 3.8) is 0 Å². The van der Waals surface area contributed by atoms with Crippen LogP contribution < -0.4 is 10.5 Å². The van der Waals surface area contributed by atoms with Crippen LogP contribution in [0.4, 0.5) is 5.69 Å². The fourth-order valence-electron chi connectivity index (χ4n) is 1.75. The molecule has 6 nitrogen and oxygen atoms in total. The third kappa shape index (κ3) is 3.41. The predicted octanol–water partition coefficient (Wildman–Crippen LogP) is 1.82. The van der Waals surface area contributed by atoms with Gasteiger partial charge >= 0.3 is 5.97 Å². The van der Waals surface area contributed by atoms with E-state index in [1.165, 1.54) is 23.5 Å². The average molecular weight is 326 g/mol. The summed E-state index contributed by atoms with van der Waals surface area (Å²) in [5, 5.41) is 10.7. The van der Waals surface area contributed by atoms with Gasteiger partial charge in [-0.05, 0) is 42.1 Å². The number of thiophene rings is 1. The molecule has 0 unspecified atom stereocenters. The molecular weight excluding hydrogens is 312 g/mol. The second kappa shape index (κ2) is 5.84. The van der Waals surface area contributed by atoms with Gasteiger partial charge in [0.1, 0.15) is 4.90 Å². The molecule has 0 atom stereocenters. The van der Waals surface area contributed by atoms with Crippen LogP contribution in [-0.4, -0.2) is 19.5 Å². The van der Waals surface area contributed by atoms with Crippen LogP contribution in [0.25, 0.3) is 0 Å². The topological polar surface area (TPSA) is 109 Å². The van der Waals surface area contributed by atoms with Crippen molar-refractivity contribution in [3.05, 3.63) is 45.6 Å². The van der Waals surface area contributed by atoms with Gasteiger partial charge in [0.25, 0.3) is 0 Å². The van der Waals surface area contributed by atoms with Crippen LogP contribution in [0.15, 0.2) is 34.5 Å². The number of benzene rings is 1. The Hall–Kier alpha value is -1.90. The first-order chi connectivity index (χ1) is 9.81. The van der Waals surface area contributed by atoms with Gasteiger partial charge in [0.2, 0.25) is 10.0 Å². The first kappa shape index (κ1) is 15.5. The molecule has 112 valence electrons. The Morgan fingerprint density at radius 2 is 2.10 bits per heavy atom. The van der Waals surface area contributed by atoms with Crippen molar-refractivity contribution in [1.29, 1.82) is 0 Å². The molecule has 0 aliphatic heterocycles. The number of aromatic carboxylic acids is 1. The summed E-state index contributed by atoms with van der Waals surface area (Å²) in [4.78, 5) is 11.6. The minimum atomic E-state index is -3.79. The first-order valence-corrected chi connectivity index (χ1v) is 8.33. The number of rotatable bonds is 5. The van der Waals surface area contributed by atoms with Crippen LogP contribution in [0.2, 0.25) is 0 Å². The summed E-state index contributed by atoms with van der Waals surface area (Å²) >= 11 is 1.46. The molecule has 0 saturated heterocycles. The molecular formula is C13H14N2O4S2. The number of carbonyl (C=O) groups is 1. The summed E-state index contributed by atoms with van der Waals surface area (Å²) in [5.74, 6) is -1.16. The molecule has 0 radical (unpaired) electrons. The normalized spacial score (nSPS) is 11.5. The maximum absolute atomic E-state index is 12.2. The zero-order valence-electron chi connectivity index (χ0n) is 11.2. The minimum Gasteiger partial charge on any atom is -0.478 e. The van der Waals surface area contributed by atoms with Gasteiger partial charge in [-0.15, -0.1) is 11.3 Å². The van der Waals surface area contributed by atoms with Crippen molar-refractivity contribution in [1.82, 2.24) is 4.72 Å². The van der Waals surface area contributed by atoms with Crippen LogP contribution in [0.3, 0.4) is 0 Å². The van der Waals surface area contributed by atoms with E-state index in [4.69, 9.17) is 10.8 Å². The molecule has 8 heteroatoms. The number of carboxylic acids is 1. The largest absolute Gasteiger partial charge is 0.478 e. The van der Waals surface area contributed by atoms with Crippen LogP contribution in [0.1, 0.15) is 20.8 Å². The maximum Gasteiger partial charge on any atom is 0.335 e. The van der Waals surface area contributed by atoms with E-state index in [2.05, 4.69) is 4.72 Å². The van der Waals surface area contributed by atoms with E-state index in [1.807, 2.05) is 18.4 Å². The average Bonchev–Trinajstić information content (AvgIpc) is 2.81. The van der Waals surface area contributed by atoms with Crippen molar-refractivity contribution in [2.45, 2.75) is 18.4 Å². The quantitative estimate of drug-likeness (QED) is 0.726. The summed E-state index contributed by atoms with van der Waals surface area (Å²) in [6, 6.07) is 5.45. The van der Waals surface area contributed by atoms with Crippen molar-refractivity contribution in [2.24, 2.45) is 0 Å². The molecule has 2 rings (SSSR count). The van der Waals surface area contributed by atoms with Crippen molar-refractivity contribution in [3.8, 4) is 0 Å². The Morgan fingerprint density at radius 3 is 2.62 bits per heavy atom. The van der Waals surface area contributed by atoms with E-state index in [0.29, 0.717) is 0 Å². The molecule has 2 aromatic rings. The molecule has 0 fully saturated rings. The molecule has 4 N–H and O–H groups in total. The van der Waals surface area contributed by atoms with Crippen LogP contribution in [0, 0.1) is 6.92 Å². The third-order valence-electron chi connectivity index (χ3n) is 2.94. The van der Waals surface area contributed by atoms with E-state index in [0.717, 1.165) is 16.5 Å². The smallest absolute Gasteiger partial charge is 0.335 e. The Labute approximate surface area is 126 Å². The zero-order chi connectivity index (χ0) is 15.6. The van der Waals surface area contributed by atoms with Crippen molar-refractivity contribution < 1.29 is 18.3 Å². The van der Waals surface area contributed by atoms with Gasteiger partial charge in [-0.3, -0.25) is 0 Å². The van der Waals surface area contributed by atoms with Crippen molar-refractivity contribution in [2.75, 3.05) is 5.73 Å². The second-order valence-electron chi connectivity index (χ2n) is 4.41. The van der Waals surface area contributed by atoms with Gasteiger partial charge in [0, 0.05) is 11.4 Å². The number of anilines is 1. The van der Waals surface area contributed by atoms with Gasteiger partial charge in [-0.1, -0.05) is 0 Å². The lowest BCUT2D eigenvalue weighted by Crippen LogP contribution is -2.24. The number of hydrogen-bond donors (Lipinski definition) is 3. The number of nitrogens with one attached hydrogen (secondary N) is 1. The molecule has 0 aliphatic carbocycles. The molecule has 0 aliphatic rings.